The third-order valence-corrected chi connectivity index (χ3v) is 4.85. The minimum atomic E-state index is 0.668. The summed E-state index contributed by atoms with van der Waals surface area (Å²) in [5.74, 6) is 2.25. The van der Waals surface area contributed by atoms with Crippen LogP contribution in [0.2, 0.25) is 0 Å². The number of hydrogen-bond donors (Lipinski definition) is 2. The summed E-state index contributed by atoms with van der Waals surface area (Å²) >= 11 is 0. The minimum absolute atomic E-state index is 0.668. The Kier molecular flexibility index (Phi) is 2.26. The quantitative estimate of drug-likeness (QED) is 0.718. The molecule has 1 fully saturated rings. The van der Waals surface area contributed by atoms with Crippen molar-refractivity contribution in [1.29, 1.82) is 0 Å². The largest absolute Gasteiger partial charge is 0.338 e. The van der Waals surface area contributed by atoms with Crippen molar-refractivity contribution in [2.24, 2.45) is 0 Å². The van der Waals surface area contributed by atoms with Crippen molar-refractivity contribution in [3.05, 3.63) is 47.8 Å². The monoisotopic (exact) mass is 276 g/mol. The number of fused-ring (bicyclic) bond motifs is 6. The summed E-state index contributed by atoms with van der Waals surface area (Å²) in [6, 6.07) is 8.59. The Morgan fingerprint density at radius 2 is 1.95 bits per heavy atom. The molecule has 1 aliphatic carbocycles. The van der Waals surface area contributed by atoms with E-state index in [0.29, 0.717) is 11.8 Å². The molecule has 2 N–H and O–H groups in total. The molecule has 21 heavy (non-hydrogen) atoms. The lowest BCUT2D eigenvalue weighted by molar-refractivity contribution is 0.454. The van der Waals surface area contributed by atoms with Crippen LogP contribution in [0.15, 0.2) is 36.7 Å². The summed E-state index contributed by atoms with van der Waals surface area (Å²) in [5.41, 5.74) is 6.26. The summed E-state index contributed by atoms with van der Waals surface area (Å²) in [7, 11) is 0. The highest BCUT2D eigenvalue weighted by Crippen LogP contribution is 2.44. The van der Waals surface area contributed by atoms with Crippen molar-refractivity contribution in [3.63, 3.8) is 0 Å². The fourth-order valence-corrected chi connectivity index (χ4v) is 3.85. The third kappa shape index (κ3) is 1.66. The van der Waals surface area contributed by atoms with E-state index in [0.717, 1.165) is 35.5 Å². The van der Waals surface area contributed by atoms with Gasteiger partial charge >= 0.3 is 0 Å². The van der Waals surface area contributed by atoms with Gasteiger partial charge in [0.1, 0.15) is 5.82 Å². The van der Waals surface area contributed by atoms with Gasteiger partial charge in [0.25, 0.3) is 0 Å². The molecule has 2 unspecified atom stereocenters. The number of piperidine rings is 1. The van der Waals surface area contributed by atoms with E-state index in [4.69, 9.17) is 4.98 Å². The second-order valence-corrected chi connectivity index (χ2v) is 6.11. The molecule has 1 saturated heterocycles. The molecule has 1 aromatic carbocycles. The molecule has 3 aromatic rings. The Morgan fingerprint density at radius 1 is 1.10 bits per heavy atom. The third-order valence-electron chi connectivity index (χ3n) is 4.85. The van der Waals surface area contributed by atoms with Crippen molar-refractivity contribution < 1.29 is 0 Å². The molecule has 4 nitrogen and oxygen atoms in total. The van der Waals surface area contributed by atoms with Crippen molar-refractivity contribution in [2.45, 2.75) is 18.3 Å². The van der Waals surface area contributed by atoms with Gasteiger partial charge in [-0.2, -0.15) is 0 Å². The van der Waals surface area contributed by atoms with Crippen molar-refractivity contribution in [2.75, 3.05) is 13.1 Å². The second kappa shape index (κ2) is 4.15. The maximum atomic E-state index is 4.76. The summed E-state index contributed by atoms with van der Waals surface area (Å²) in [4.78, 5) is 12.4. The Hall–Kier alpha value is -2.20. The Bertz CT molecular complexity index is 774. The number of benzene rings is 1. The standard InChI is InChI=1S/C17H16N4/c1-2-10(7-18-3-1)17-20-15-5-13-11-4-12(9-19-8-11)14(13)6-16(15)21-17/h1-3,5-7,11-12,19H,4,8-9H2,(H,20,21). The topological polar surface area (TPSA) is 53.6 Å². The first-order valence-electron chi connectivity index (χ1n) is 7.53. The van der Waals surface area contributed by atoms with Gasteiger partial charge in [-0.15, -0.1) is 0 Å². The van der Waals surface area contributed by atoms with Gasteiger partial charge in [-0.1, -0.05) is 0 Å². The molecule has 2 aliphatic rings. The lowest BCUT2D eigenvalue weighted by Crippen LogP contribution is -2.28. The minimum Gasteiger partial charge on any atom is -0.338 e. The molecule has 4 heteroatoms. The van der Waals surface area contributed by atoms with Crippen molar-refractivity contribution in [3.8, 4) is 11.4 Å². The lowest BCUT2D eigenvalue weighted by atomic mass is 9.98. The molecule has 104 valence electrons. The maximum Gasteiger partial charge on any atom is 0.140 e. The molecule has 2 bridgehead atoms. The molecule has 3 heterocycles. The number of nitrogens with zero attached hydrogens (tertiary/aromatic N) is 2. The van der Waals surface area contributed by atoms with Gasteiger partial charge < -0.3 is 10.3 Å². The average Bonchev–Trinajstić information content (AvgIpc) is 3.06. The molecule has 0 spiro atoms. The number of hydrogen-bond acceptors (Lipinski definition) is 3. The predicted octanol–water partition coefficient (Wildman–Crippen LogP) is 2.80. The van der Waals surface area contributed by atoms with Crippen LogP contribution >= 0.6 is 0 Å². The van der Waals surface area contributed by atoms with Gasteiger partial charge in [-0.05, 0) is 53.6 Å². The highest BCUT2D eigenvalue weighted by Gasteiger charge is 2.34. The number of aromatic amines is 1. The Balaban J connectivity index is 1.68. The number of aromatic nitrogens is 3. The molecular weight excluding hydrogens is 260 g/mol. The average molecular weight is 276 g/mol. The second-order valence-electron chi connectivity index (χ2n) is 6.11. The van der Waals surface area contributed by atoms with Crippen LogP contribution in [0.25, 0.3) is 22.4 Å². The summed E-state index contributed by atoms with van der Waals surface area (Å²) in [6.45, 7) is 2.22. The Morgan fingerprint density at radius 3 is 2.76 bits per heavy atom. The zero-order chi connectivity index (χ0) is 13.8. The van der Waals surface area contributed by atoms with Crippen LogP contribution in [-0.4, -0.2) is 28.0 Å². The highest BCUT2D eigenvalue weighted by atomic mass is 14.9. The van der Waals surface area contributed by atoms with E-state index in [1.165, 1.54) is 17.5 Å². The summed E-state index contributed by atoms with van der Waals surface area (Å²) in [6.07, 6.45) is 4.93. The normalized spacial score (nSPS) is 23.4. The van der Waals surface area contributed by atoms with E-state index in [9.17, 15) is 0 Å². The molecule has 0 saturated carbocycles. The van der Waals surface area contributed by atoms with E-state index in [1.807, 2.05) is 18.3 Å². The van der Waals surface area contributed by atoms with E-state index in [-0.39, 0.29) is 0 Å². The van der Waals surface area contributed by atoms with Crippen LogP contribution in [0.4, 0.5) is 0 Å². The van der Waals surface area contributed by atoms with E-state index in [2.05, 4.69) is 27.4 Å². The molecule has 2 atom stereocenters. The van der Waals surface area contributed by atoms with E-state index in [1.54, 1.807) is 6.20 Å². The fourth-order valence-electron chi connectivity index (χ4n) is 3.85. The van der Waals surface area contributed by atoms with Gasteiger partial charge in [0.15, 0.2) is 0 Å². The number of nitrogens with one attached hydrogen (secondary N) is 2. The van der Waals surface area contributed by atoms with Gasteiger partial charge in [-0.25, -0.2) is 4.98 Å². The predicted molar refractivity (Wildman–Crippen MR) is 82.3 cm³/mol. The molecule has 2 aromatic heterocycles. The molecule has 5 rings (SSSR count). The number of rotatable bonds is 1. The van der Waals surface area contributed by atoms with E-state index >= 15 is 0 Å². The fraction of sp³-hybridized carbons (Fsp3) is 0.294. The molecule has 1 aliphatic heterocycles. The van der Waals surface area contributed by atoms with Gasteiger partial charge in [0, 0.05) is 31.0 Å². The molecular formula is C17H16N4. The van der Waals surface area contributed by atoms with Crippen molar-refractivity contribution in [1.82, 2.24) is 20.3 Å². The summed E-state index contributed by atoms with van der Waals surface area (Å²) < 4.78 is 0. The smallest absolute Gasteiger partial charge is 0.140 e. The Labute approximate surface area is 122 Å². The van der Waals surface area contributed by atoms with Crippen LogP contribution < -0.4 is 5.32 Å². The van der Waals surface area contributed by atoms with Crippen molar-refractivity contribution >= 4 is 11.0 Å². The van der Waals surface area contributed by atoms with Gasteiger partial charge in [-0.3, -0.25) is 4.98 Å². The van der Waals surface area contributed by atoms with Crippen LogP contribution in [0.1, 0.15) is 29.4 Å². The maximum absolute atomic E-state index is 4.76. The first-order chi connectivity index (χ1) is 10.4. The van der Waals surface area contributed by atoms with Crippen LogP contribution in [0.3, 0.4) is 0 Å². The number of pyridine rings is 1. The highest BCUT2D eigenvalue weighted by molar-refractivity contribution is 5.81. The van der Waals surface area contributed by atoms with Crippen LogP contribution in [0, 0.1) is 0 Å². The molecule has 0 radical (unpaired) electrons. The van der Waals surface area contributed by atoms with E-state index < -0.39 is 0 Å². The summed E-state index contributed by atoms with van der Waals surface area (Å²) in [5, 5.41) is 3.54. The van der Waals surface area contributed by atoms with Crippen LogP contribution in [-0.2, 0) is 0 Å². The number of imidazole rings is 1. The number of H-pyrrole nitrogens is 1. The zero-order valence-corrected chi connectivity index (χ0v) is 11.6. The molecule has 0 amide bonds. The zero-order valence-electron chi connectivity index (χ0n) is 11.6. The first-order valence-corrected chi connectivity index (χ1v) is 7.53. The van der Waals surface area contributed by atoms with Gasteiger partial charge in [0.2, 0.25) is 0 Å². The van der Waals surface area contributed by atoms with Gasteiger partial charge in [0.05, 0.1) is 11.0 Å². The first kappa shape index (κ1) is 11.5. The lowest BCUT2D eigenvalue weighted by Gasteiger charge is -2.19. The van der Waals surface area contributed by atoms with Crippen LogP contribution in [0.5, 0.6) is 0 Å². The SMILES string of the molecule is c1cncc(-c2nc3cc4c(cc3[nH]2)C2CNCC4C2)c1.